The second-order valence-electron chi connectivity index (χ2n) is 11.6. The molecule has 268 valence electrons. The summed E-state index contributed by atoms with van der Waals surface area (Å²) >= 11 is 1.51. The molecule has 0 saturated carbocycles. The van der Waals surface area contributed by atoms with Gasteiger partial charge in [-0.3, -0.25) is 33.6 Å². The molecule has 1 aromatic rings. The van der Waals surface area contributed by atoms with E-state index in [1.165, 1.54) is 32.5 Å². The number of nitrogens with one attached hydrogen (secondary N) is 6. The van der Waals surface area contributed by atoms with Gasteiger partial charge in [-0.1, -0.05) is 30.3 Å². The molecule has 8 N–H and O–H groups in total. The van der Waals surface area contributed by atoms with Crippen LogP contribution in [-0.2, 0) is 39.3 Å². The molecule has 14 nitrogen and oxygen atoms in total. The maximum atomic E-state index is 13.4. The lowest BCUT2D eigenvalue weighted by molar-refractivity contribution is -0.133. The number of thioether (sulfide) groups is 1. The summed E-state index contributed by atoms with van der Waals surface area (Å²) in [5, 5.41) is 16.2. The molecule has 0 bridgehead atoms. The summed E-state index contributed by atoms with van der Waals surface area (Å²) in [6.45, 7) is 5.34. The average Bonchev–Trinajstić information content (AvgIpc) is 3.02. The number of primary amides is 1. The Labute approximate surface area is 287 Å². The summed E-state index contributed by atoms with van der Waals surface area (Å²) in [6.07, 6.45) is 3.95. The summed E-state index contributed by atoms with van der Waals surface area (Å²) in [4.78, 5) is 85.2. The molecule has 7 amide bonds. The van der Waals surface area contributed by atoms with Gasteiger partial charge < -0.3 is 37.6 Å². The van der Waals surface area contributed by atoms with Crippen LogP contribution < -0.4 is 37.6 Å². The zero-order chi connectivity index (χ0) is 35.7. The average molecular weight is 692 g/mol. The maximum Gasteiger partial charge on any atom is 0.243 e. The fraction of sp³-hybridized carbons (Fsp3) is 0.606. The highest BCUT2D eigenvalue weighted by atomic mass is 32.2. The van der Waals surface area contributed by atoms with Crippen LogP contribution in [-0.4, -0.2) is 84.9 Å². The first-order valence-electron chi connectivity index (χ1n) is 16.4. The van der Waals surface area contributed by atoms with Gasteiger partial charge in [-0.15, -0.1) is 11.8 Å². The number of carbonyl (C=O) groups is 7. The van der Waals surface area contributed by atoms with Gasteiger partial charge in [-0.05, 0) is 63.4 Å². The summed E-state index contributed by atoms with van der Waals surface area (Å²) in [5.41, 5.74) is 6.70. The molecule has 0 spiro atoms. The van der Waals surface area contributed by atoms with Crippen LogP contribution in [0.2, 0.25) is 0 Å². The zero-order valence-electron chi connectivity index (χ0n) is 28.4. The largest absolute Gasteiger partial charge is 0.368 e. The van der Waals surface area contributed by atoms with E-state index in [0.717, 1.165) is 11.3 Å². The summed E-state index contributed by atoms with van der Waals surface area (Å²) < 4.78 is 0. The summed E-state index contributed by atoms with van der Waals surface area (Å²) in [7, 11) is 0. The molecule has 0 saturated heterocycles. The Morgan fingerprint density at radius 3 is 1.54 bits per heavy atom. The van der Waals surface area contributed by atoms with E-state index in [0.29, 0.717) is 63.9 Å². The highest BCUT2D eigenvalue weighted by Crippen LogP contribution is 2.11. The second kappa shape index (κ2) is 25.0. The van der Waals surface area contributed by atoms with E-state index < -0.39 is 41.8 Å². The minimum atomic E-state index is -1.04. The van der Waals surface area contributed by atoms with Crippen molar-refractivity contribution in [2.45, 2.75) is 102 Å². The molecule has 0 heterocycles. The first kappa shape index (κ1) is 41.9. The van der Waals surface area contributed by atoms with E-state index >= 15 is 0 Å². The summed E-state index contributed by atoms with van der Waals surface area (Å²) in [6, 6.07) is 6.91. The lowest BCUT2D eigenvalue weighted by atomic mass is 10.0. The molecule has 48 heavy (non-hydrogen) atoms. The van der Waals surface area contributed by atoms with Crippen LogP contribution in [0, 0.1) is 0 Å². The van der Waals surface area contributed by atoms with Gasteiger partial charge in [0.25, 0.3) is 0 Å². The van der Waals surface area contributed by atoms with Gasteiger partial charge in [0.1, 0.15) is 18.1 Å². The highest BCUT2D eigenvalue weighted by molar-refractivity contribution is 7.99. The van der Waals surface area contributed by atoms with E-state index in [9.17, 15) is 33.6 Å². The van der Waals surface area contributed by atoms with Gasteiger partial charge in [0.2, 0.25) is 41.4 Å². The molecular weight excluding hydrogens is 638 g/mol. The highest BCUT2D eigenvalue weighted by Gasteiger charge is 2.28. The van der Waals surface area contributed by atoms with Crippen molar-refractivity contribution in [2.75, 3.05) is 25.4 Å². The third-order valence-electron chi connectivity index (χ3n) is 7.16. The van der Waals surface area contributed by atoms with Gasteiger partial charge in [-0.25, -0.2) is 0 Å². The van der Waals surface area contributed by atoms with E-state index in [4.69, 9.17) is 5.73 Å². The first-order chi connectivity index (χ1) is 22.9. The molecule has 0 aromatic heterocycles. The lowest BCUT2D eigenvalue weighted by Crippen LogP contribution is -2.56. The van der Waals surface area contributed by atoms with Crippen LogP contribution in [0.5, 0.6) is 0 Å². The number of amides is 7. The molecule has 15 heteroatoms. The minimum absolute atomic E-state index is 0.0991. The molecule has 0 fully saturated rings. The number of benzene rings is 1. The fourth-order valence-corrected chi connectivity index (χ4v) is 5.49. The molecule has 0 aliphatic rings. The van der Waals surface area contributed by atoms with Crippen molar-refractivity contribution >= 4 is 53.1 Å². The minimum Gasteiger partial charge on any atom is -0.368 e. The maximum absolute atomic E-state index is 13.4. The van der Waals surface area contributed by atoms with Crippen molar-refractivity contribution in [3.8, 4) is 0 Å². The van der Waals surface area contributed by atoms with Crippen molar-refractivity contribution in [2.24, 2.45) is 5.73 Å². The Balaban J connectivity index is 2.78. The molecule has 0 aliphatic heterocycles. The van der Waals surface area contributed by atoms with Crippen molar-refractivity contribution < 1.29 is 33.6 Å². The van der Waals surface area contributed by atoms with Crippen LogP contribution >= 0.6 is 11.8 Å². The Bertz CT molecular complexity index is 1190. The molecule has 3 atom stereocenters. The van der Waals surface area contributed by atoms with Crippen LogP contribution in [0.3, 0.4) is 0 Å². The predicted octanol–water partition coefficient (Wildman–Crippen LogP) is 0.779. The lowest BCUT2D eigenvalue weighted by Gasteiger charge is -2.25. The number of carbonyl (C=O) groups excluding carboxylic acids is 7. The van der Waals surface area contributed by atoms with Crippen LogP contribution in [0.25, 0.3) is 0 Å². The third kappa shape index (κ3) is 20.9. The smallest absolute Gasteiger partial charge is 0.243 e. The number of rotatable bonds is 25. The SMILES string of the molecule is CC(=O)NCCCC[C@H](NC(=O)[C@H](CCCCNC(=O)CSCc1ccccc1)NC(=O)[C@H](CCCCNC(C)=O)NC(C)=O)C(N)=O. The summed E-state index contributed by atoms with van der Waals surface area (Å²) in [5.74, 6) is -1.69. The van der Waals surface area contributed by atoms with Crippen LogP contribution in [0.15, 0.2) is 30.3 Å². The van der Waals surface area contributed by atoms with Gasteiger partial charge in [0, 0.05) is 46.2 Å². The number of unbranched alkanes of at least 4 members (excludes halogenated alkanes) is 3. The van der Waals surface area contributed by atoms with Gasteiger partial charge >= 0.3 is 0 Å². The molecule has 0 unspecified atom stereocenters. The zero-order valence-corrected chi connectivity index (χ0v) is 29.2. The number of hydrogen-bond acceptors (Lipinski definition) is 8. The fourth-order valence-electron chi connectivity index (χ4n) is 4.68. The van der Waals surface area contributed by atoms with E-state index in [1.54, 1.807) is 0 Å². The van der Waals surface area contributed by atoms with E-state index in [2.05, 4.69) is 31.9 Å². The Morgan fingerprint density at radius 2 is 1.06 bits per heavy atom. The van der Waals surface area contributed by atoms with Crippen LogP contribution in [0.4, 0.5) is 0 Å². The second-order valence-corrected chi connectivity index (χ2v) is 12.5. The van der Waals surface area contributed by atoms with E-state index in [-0.39, 0.29) is 37.0 Å². The van der Waals surface area contributed by atoms with E-state index in [1.807, 2.05) is 30.3 Å². The van der Waals surface area contributed by atoms with Gasteiger partial charge in [0.15, 0.2) is 0 Å². The van der Waals surface area contributed by atoms with Gasteiger partial charge in [0.05, 0.1) is 5.75 Å². The molecule has 0 aliphatic carbocycles. The van der Waals surface area contributed by atoms with Crippen molar-refractivity contribution in [1.29, 1.82) is 0 Å². The van der Waals surface area contributed by atoms with Crippen molar-refractivity contribution in [1.82, 2.24) is 31.9 Å². The number of nitrogens with two attached hydrogens (primary N) is 1. The normalized spacial score (nSPS) is 12.5. The van der Waals surface area contributed by atoms with Crippen molar-refractivity contribution in [3.05, 3.63) is 35.9 Å². The third-order valence-corrected chi connectivity index (χ3v) is 8.16. The molecular formula is C33H53N7O7S. The van der Waals surface area contributed by atoms with Gasteiger partial charge in [-0.2, -0.15) is 0 Å². The first-order valence-corrected chi connectivity index (χ1v) is 17.6. The quantitative estimate of drug-likeness (QED) is 0.0725. The molecule has 0 radical (unpaired) electrons. The Hall–Kier alpha value is -4.14. The molecule has 1 aromatic carbocycles. The molecule has 1 rings (SSSR count). The standard InChI is InChI=1S/C33H53N7O7S/c1-23(41)35-18-10-7-15-27(31(34)45)39-33(47)29(40-32(46)28(38-25(3)43)16-8-11-19-36-24(2)42)17-9-12-20-37-30(44)22-48-21-26-13-5-4-6-14-26/h4-6,13-14,27-29H,7-12,15-22H2,1-3H3,(H2,34,45)(H,35,41)(H,36,42)(H,37,44)(H,38,43)(H,39,47)(H,40,46)/t27-,28-,29-/m0/s1. The van der Waals surface area contributed by atoms with Crippen LogP contribution in [0.1, 0.15) is 84.1 Å². The van der Waals surface area contributed by atoms with Crippen molar-refractivity contribution in [3.63, 3.8) is 0 Å². The monoisotopic (exact) mass is 691 g/mol. The topological polar surface area (TPSA) is 218 Å². The Morgan fingerprint density at radius 1 is 0.604 bits per heavy atom. The number of hydrogen-bond donors (Lipinski definition) is 7. The predicted molar refractivity (Wildman–Crippen MR) is 185 cm³/mol. The Kier molecular flexibility index (Phi) is 21.8.